The number of hydrogen-bond acceptors (Lipinski definition) is 4. The summed E-state index contributed by atoms with van der Waals surface area (Å²) in [5.74, 6) is 0.740. The fourth-order valence-electron chi connectivity index (χ4n) is 1.75. The maximum Gasteiger partial charge on any atom is 0.119 e. The Morgan fingerprint density at radius 3 is 2.45 bits per heavy atom. The fraction of sp³-hybridized carbons (Fsp3) is 0.625. The molecule has 4 nitrogen and oxygen atoms in total. The molecule has 0 amide bonds. The van der Waals surface area contributed by atoms with Gasteiger partial charge in [0.1, 0.15) is 18.5 Å². The molecule has 4 heteroatoms. The molecular formula is C16H27NO3. The number of aliphatic hydroxyl groups is 1. The second kappa shape index (κ2) is 9.75. The summed E-state index contributed by atoms with van der Waals surface area (Å²) < 4.78 is 10.9. The van der Waals surface area contributed by atoms with E-state index in [1.807, 2.05) is 24.3 Å². The first kappa shape index (κ1) is 17.0. The summed E-state index contributed by atoms with van der Waals surface area (Å²) in [7, 11) is 0. The van der Waals surface area contributed by atoms with Gasteiger partial charge in [-0.15, -0.1) is 0 Å². The van der Waals surface area contributed by atoms with Crippen LogP contribution in [0.3, 0.4) is 0 Å². The molecule has 0 radical (unpaired) electrons. The Bertz CT molecular complexity index is 353. The van der Waals surface area contributed by atoms with Crippen molar-refractivity contribution in [2.24, 2.45) is 5.73 Å². The lowest BCUT2D eigenvalue weighted by molar-refractivity contribution is 0.0113. The smallest absolute Gasteiger partial charge is 0.119 e. The summed E-state index contributed by atoms with van der Waals surface area (Å²) in [5, 5.41) is 9.72. The maximum atomic E-state index is 9.72. The van der Waals surface area contributed by atoms with Crippen LogP contribution < -0.4 is 10.5 Å². The zero-order valence-corrected chi connectivity index (χ0v) is 12.5. The van der Waals surface area contributed by atoms with Crippen LogP contribution in [0.5, 0.6) is 5.75 Å². The lowest BCUT2D eigenvalue weighted by Gasteiger charge is -2.14. The van der Waals surface area contributed by atoms with Gasteiger partial charge < -0.3 is 20.3 Å². The van der Waals surface area contributed by atoms with Crippen LogP contribution in [0.1, 0.15) is 44.7 Å². The van der Waals surface area contributed by atoms with Crippen molar-refractivity contribution in [1.29, 1.82) is 0 Å². The largest absolute Gasteiger partial charge is 0.491 e. The highest BCUT2D eigenvalue weighted by Gasteiger charge is 2.07. The molecule has 0 heterocycles. The van der Waals surface area contributed by atoms with Gasteiger partial charge in [0.15, 0.2) is 0 Å². The summed E-state index contributed by atoms with van der Waals surface area (Å²) in [6.07, 6.45) is 2.43. The first-order chi connectivity index (χ1) is 9.67. The van der Waals surface area contributed by atoms with Gasteiger partial charge >= 0.3 is 0 Å². The molecule has 0 fully saturated rings. The molecule has 2 atom stereocenters. The van der Waals surface area contributed by atoms with Crippen LogP contribution in [-0.4, -0.2) is 31.0 Å². The summed E-state index contributed by atoms with van der Waals surface area (Å²) in [6, 6.07) is 7.77. The van der Waals surface area contributed by atoms with Gasteiger partial charge in [0.2, 0.25) is 0 Å². The third-order valence-electron chi connectivity index (χ3n) is 3.14. The third kappa shape index (κ3) is 6.37. The monoisotopic (exact) mass is 281 g/mol. The van der Waals surface area contributed by atoms with Crippen LogP contribution in [0.15, 0.2) is 24.3 Å². The van der Waals surface area contributed by atoms with Crippen molar-refractivity contribution in [3.63, 3.8) is 0 Å². The van der Waals surface area contributed by atoms with Gasteiger partial charge in [-0.05, 0) is 30.5 Å². The van der Waals surface area contributed by atoms with Crippen molar-refractivity contribution >= 4 is 0 Å². The minimum absolute atomic E-state index is 0.0709. The number of ether oxygens (including phenoxy) is 2. The van der Waals surface area contributed by atoms with Gasteiger partial charge in [-0.3, -0.25) is 0 Å². The molecule has 0 aromatic heterocycles. The van der Waals surface area contributed by atoms with Crippen molar-refractivity contribution < 1.29 is 14.6 Å². The van der Waals surface area contributed by atoms with Crippen molar-refractivity contribution in [2.45, 2.75) is 45.3 Å². The van der Waals surface area contributed by atoms with Crippen molar-refractivity contribution in [3.8, 4) is 5.75 Å². The molecule has 2 unspecified atom stereocenters. The molecule has 1 aromatic carbocycles. The molecule has 1 rings (SSSR count). The fourth-order valence-corrected chi connectivity index (χ4v) is 1.75. The first-order valence-corrected chi connectivity index (χ1v) is 7.41. The van der Waals surface area contributed by atoms with E-state index in [1.165, 1.54) is 0 Å². The van der Waals surface area contributed by atoms with Crippen molar-refractivity contribution in [1.82, 2.24) is 0 Å². The van der Waals surface area contributed by atoms with Crippen LogP contribution >= 0.6 is 0 Å². The topological polar surface area (TPSA) is 64.7 Å². The quantitative estimate of drug-likeness (QED) is 0.647. The Kier molecular flexibility index (Phi) is 8.26. The molecular weight excluding hydrogens is 254 g/mol. The molecule has 0 bridgehead atoms. The number of unbranched alkanes of at least 4 members (excludes halogenated alkanes) is 1. The molecule has 1 aromatic rings. The normalized spacial score (nSPS) is 14.0. The standard InChI is InChI=1S/C16H27NO3/c1-3-5-10-19-11-14(18)12-20-15-8-6-13(7-9-15)16(17)4-2/h6-9,14,16,18H,3-5,10-12,17H2,1-2H3. The van der Waals surface area contributed by atoms with Gasteiger partial charge in [0.25, 0.3) is 0 Å². The van der Waals surface area contributed by atoms with E-state index in [1.54, 1.807) is 0 Å². The Labute approximate surface area is 121 Å². The highest BCUT2D eigenvalue weighted by atomic mass is 16.5. The molecule has 0 aliphatic carbocycles. The van der Waals surface area contributed by atoms with E-state index in [9.17, 15) is 5.11 Å². The average molecular weight is 281 g/mol. The van der Waals surface area contributed by atoms with Crippen LogP contribution in [0.2, 0.25) is 0 Å². The van der Waals surface area contributed by atoms with E-state index in [0.717, 1.165) is 30.6 Å². The Balaban J connectivity index is 2.27. The van der Waals surface area contributed by atoms with Gasteiger partial charge in [-0.25, -0.2) is 0 Å². The van der Waals surface area contributed by atoms with E-state index in [2.05, 4.69) is 13.8 Å². The first-order valence-electron chi connectivity index (χ1n) is 7.41. The zero-order valence-electron chi connectivity index (χ0n) is 12.5. The van der Waals surface area contributed by atoms with Gasteiger partial charge in [0.05, 0.1) is 6.61 Å². The van der Waals surface area contributed by atoms with Gasteiger partial charge in [0, 0.05) is 12.6 Å². The highest BCUT2D eigenvalue weighted by Crippen LogP contribution is 2.18. The number of benzene rings is 1. The summed E-state index contributed by atoms with van der Waals surface area (Å²) >= 11 is 0. The van der Waals surface area contributed by atoms with Crippen molar-refractivity contribution in [2.75, 3.05) is 19.8 Å². The average Bonchev–Trinajstić information content (AvgIpc) is 2.49. The Morgan fingerprint density at radius 2 is 1.85 bits per heavy atom. The summed E-state index contributed by atoms with van der Waals surface area (Å²) in [5.41, 5.74) is 7.05. The molecule has 0 spiro atoms. The summed E-state index contributed by atoms with van der Waals surface area (Å²) in [4.78, 5) is 0. The molecule has 0 saturated carbocycles. The van der Waals surface area contributed by atoms with Crippen LogP contribution in [0.4, 0.5) is 0 Å². The molecule has 114 valence electrons. The van der Waals surface area contributed by atoms with Crippen LogP contribution in [0, 0.1) is 0 Å². The molecule has 0 saturated heterocycles. The van der Waals surface area contributed by atoms with E-state index in [0.29, 0.717) is 13.2 Å². The van der Waals surface area contributed by atoms with Crippen LogP contribution in [0.25, 0.3) is 0 Å². The van der Waals surface area contributed by atoms with Crippen molar-refractivity contribution in [3.05, 3.63) is 29.8 Å². The van der Waals surface area contributed by atoms with Crippen LogP contribution in [-0.2, 0) is 4.74 Å². The lowest BCUT2D eigenvalue weighted by atomic mass is 10.1. The van der Waals surface area contributed by atoms with Gasteiger partial charge in [-0.2, -0.15) is 0 Å². The molecule has 3 N–H and O–H groups in total. The predicted molar refractivity (Wildman–Crippen MR) is 80.9 cm³/mol. The SMILES string of the molecule is CCCCOCC(O)COc1ccc(C(N)CC)cc1. The second-order valence-electron chi connectivity index (χ2n) is 4.98. The number of aliphatic hydroxyl groups excluding tert-OH is 1. The Hall–Kier alpha value is -1.10. The van der Waals surface area contributed by atoms with E-state index in [-0.39, 0.29) is 12.6 Å². The van der Waals surface area contributed by atoms with E-state index in [4.69, 9.17) is 15.2 Å². The molecule has 20 heavy (non-hydrogen) atoms. The highest BCUT2D eigenvalue weighted by molar-refractivity contribution is 5.28. The predicted octanol–water partition coefficient (Wildman–Crippen LogP) is 2.65. The second-order valence-corrected chi connectivity index (χ2v) is 4.98. The Morgan fingerprint density at radius 1 is 1.15 bits per heavy atom. The minimum Gasteiger partial charge on any atom is -0.491 e. The zero-order chi connectivity index (χ0) is 14.8. The number of nitrogens with two attached hydrogens (primary N) is 1. The summed E-state index contributed by atoms with van der Waals surface area (Å²) in [6.45, 7) is 5.42. The third-order valence-corrected chi connectivity index (χ3v) is 3.14. The maximum absolute atomic E-state index is 9.72. The van der Waals surface area contributed by atoms with E-state index >= 15 is 0 Å². The molecule has 0 aliphatic rings. The van der Waals surface area contributed by atoms with Gasteiger partial charge in [-0.1, -0.05) is 32.4 Å². The van der Waals surface area contributed by atoms with E-state index < -0.39 is 6.10 Å². The number of hydrogen-bond donors (Lipinski definition) is 2. The lowest BCUT2D eigenvalue weighted by Crippen LogP contribution is -2.23. The minimum atomic E-state index is -0.593. The molecule has 0 aliphatic heterocycles. The number of rotatable bonds is 10.